The van der Waals surface area contributed by atoms with Crippen molar-refractivity contribution in [3.63, 3.8) is 0 Å². The van der Waals surface area contributed by atoms with Crippen molar-refractivity contribution >= 4 is 23.8 Å². The Hall–Kier alpha value is -3.64. The molecule has 2 aliphatic carbocycles. The largest absolute Gasteiger partial charge is 0.504 e. The summed E-state index contributed by atoms with van der Waals surface area (Å²) in [4.78, 5) is 52.4. The summed E-state index contributed by atoms with van der Waals surface area (Å²) < 4.78 is 17.4. The molecular weight excluding hydrogens is 558 g/mol. The number of carbonyl (C=O) groups excluding carboxylic acids is 4. The smallest absolute Gasteiger partial charge is 0.352 e. The van der Waals surface area contributed by atoms with Crippen molar-refractivity contribution in [3.8, 4) is 11.5 Å². The number of benzene rings is 1. The zero-order valence-corrected chi connectivity index (χ0v) is 25.4. The van der Waals surface area contributed by atoms with Gasteiger partial charge in [-0.05, 0) is 70.3 Å². The van der Waals surface area contributed by atoms with Crippen LogP contribution in [0.4, 0.5) is 0 Å². The van der Waals surface area contributed by atoms with Crippen LogP contribution in [0.1, 0.15) is 65.0 Å². The molecule has 12 nitrogen and oxygen atoms in total. The van der Waals surface area contributed by atoms with Crippen LogP contribution >= 0.6 is 0 Å². The Bertz CT molecular complexity index is 1380. The molecule has 5 rings (SSSR count). The van der Waals surface area contributed by atoms with Gasteiger partial charge in [-0.25, -0.2) is 9.59 Å². The second-order valence-electron chi connectivity index (χ2n) is 12.7. The maximum Gasteiger partial charge on any atom is 0.352 e. The molecule has 2 amide bonds. The van der Waals surface area contributed by atoms with Crippen molar-refractivity contribution in [2.45, 2.75) is 102 Å². The maximum absolute atomic E-state index is 13.2. The Morgan fingerprint density at radius 2 is 1.86 bits per heavy atom. The van der Waals surface area contributed by atoms with Crippen LogP contribution in [0, 0.1) is 5.92 Å². The van der Waals surface area contributed by atoms with Crippen LogP contribution in [0.3, 0.4) is 0 Å². The first kappa shape index (κ1) is 30.8. The Kier molecular flexibility index (Phi) is 7.97. The fourth-order valence-corrected chi connectivity index (χ4v) is 7.28. The number of phenols is 1. The van der Waals surface area contributed by atoms with Crippen molar-refractivity contribution in [3.05, 3.63) is 35.1 Å². The number of hydrogen-bond donors (Lipinski definition) is 4. The van der Waals surface area contributed by atoms with Crippen LogP contribution in [0.5, 0.6) is 11.5 Å². The third kappa shape index (κ3) is 5.04. The van der Waals surface area contributed by atoms with Crippen LogP contribution in [0.2, 0.25) is 0 Å². The maximum atomic E-state index is 13.2. The van der Waals surface area contributed by atoms with Gasteiger partial charge in [-0.15, -0.1) is 0 Å². The van der Waals surface area contributed by atoms with E-state index in [1.165, 1.54) is 20.8 Å². The number of esters is 2. The predicted octanol–water partition coefficient (Wildman–Crippen LogP) is 1.20. The molecule has 0 aromatic heterocycles. The van der Waals surface area contributed by atoms with Gasteiger partial charge in [0.2, 0.25) is 11.8 Å². The molecule has 234 valence electrons. The van der Waals surface area contributed by atoms with E-state index in [0.717, 1.165) is 11.1 Å². The van der Waals surface area contributed by atoms with Gasteiger partial charge in [0, 0.05) is 24.9 Å². The molecule has 1 saturated heterocycles. The number of aromatic hydroxyl groups is 1. The van der Waals surface area contributed by atoms with Crippen molar-refractivity contribution < 1.29 is 43.6 Å². The summed E-state index contributed by atoms with van der Waals surface area (Å²) in [5, 5.41) is 28.0. The highest BCUT2D eigenvalue weighted by atomic mass is 16.6. The highest BCUT2D eigenvalue weighted by Crippen LogP contribution is 2.65. The van der Waals surface area contributed by atoms with Crippen molar-refractivity contribution in [2.75, 3.05) is 13.6 Å². The summed E-state index contributed by atoms with van der Waals surface area (Å²) in [6.45, 7) is 8.60. The minimum Gasteiger partial charge on any atom is -0.504 e. The number of hydrogen-bond acceptors (Lipinski definition) is 10. The molecule has 1 spiro atoms. The molecule has 1 fully saturated rings. The molecule has 43 heavy (non-hydrogen) atoms. The number of nitrogens with zero attached hydrogens (tertiary/aromatic N) is 1. The van der Waals surface area contributed by atoms with Crippen LogP contribution < -0.4 is 15.4 Å². The summed E-state index contributed by atoms with van der Waals surface area (Å²) in [6, 6.07) is 1.34. The molecule has 7 atom stereocenters. The lowest BCUT2D eigenvalue weighted by molar-refractivity contribution is -0.176. The summed E-state index contributed by atoms with van der Waals surface area (Å²) in [5.74, 6) is -2.03. The molecule has 2 bridgehead atoms. The van der Waals surface area contributed by atoms with Gasteiger partial charge in [-0.1, -0.05) is 19.9 Å². The average Bonchev–Trinajstić information content (AvgIpc) is 3.28. The number of likely N-dealkylation sites (tertiary alicyclic amines) is 1. The second kappa shape index (κ2) is 11.1. The molecule has 0 saturated carbocycles. The quantitative estimate of drug-likeness (QED) is 0.303. The third-order valence-corrected chi connectivity index (χ3v) is 9.31. The van der Waals surface area contributed by atoms with E-state index in [4.69, 9.17) is 14.2 Å². The van der Waals surface area contributed by atoms with Gasteiger partial charge in [-0.3, -0.25) is 9.59 Å². The van der Waals surface area contributed by atoms with E-state index in [2.05, 4.69) is 15.5 Å². The zero-order valence-electron chi connectivity index (χ0n) is 25.4. The fourth-order valence-electron chi connectivity index (χ4n) is 7.28. The highest BCUT2D eigenvalue weighted by Gasteiger charge is 2.72. The van der Waals surface area contributed by atoms with Crippen LogP contribution in [-0.2, 0) is 40.5 Å². The number of rotatable bonds is 9. The van der Waals surface area contributed by atoms with E-state index in [-0.39, 0.29) is 35.8 Å². The third-order valence-electron chi connectivity index (χ3n) is 9.31. The normalized spacial score (nSPS) is 28.9. The molecule has 4 N–H and O–H groups in total. The van der Waals surface area contributed by atoms with Crippen LogP contribution in [-0.4, -0.2) is 88.4 Å². The Morgan fingerprint density at radius 3 is 2.53 bits per heavy atom. The van der Waals surface area contributed by atoms with Crippen LogP contribution in [0.15, 0.2) is 24.0 Å². The summed E-state index contributed by atoms with van der Waals surface area (Å²) in [5.41, 5.74) is -0.375. The summed E-state index contributed by atoms with van der Waals surface area (Å²) >= 11 is 0. The monoisotopic (exact) mass is 599 g/mol. The van der Waals surface area contributed by atoms with Gasteiger partial charge < -0.3 is 40.0 Å². The lowest BCUT2D eigenvalue weighted by Gasteiger charge is -2.61. The lowest BCUT2D eigenvalue weighted by Crippen LogP contribution is -2.74. The molecule has 1 aromatic rings. The highest BCUT2D eigenvalue weighted by molar-refractivity contribution is 5.90. The first-order valence-corrected chi connectivity index (χ1v) is 14.8. The molecule has 0 unspecified atom stereocenters. The first-order valence-electron chi connectivity index (χ1n) is 14.8. The summed E-state index contributed by atoms with van der Waals surface area (Å²) in [6.07, 6.45) is 1.18. The van der Waals surface area contributed by atoms with Crippen molar-refractivity contribution in [1.29, 1.82) is 0 Å². The topological polar surface area (TPSA) is 164 Å². The van der Waals surface area contributed by atoms with Gasteiger partial charge >= 0.3 is 11.9 Å². The Labute approximate surface area is 250 Å². The van der Waals surface area contributed by atoms with Gasteiger partial charge in [0.05, 0.1) is 11.0 Å². The van der Waals surface area contributed by atoms with Gasteiger partial charge in [0.25, 0.3) is 0 Å². The number of ether oxygens (including phenoxy) is 3. The lowest BCUT2D eigenvalue weighted by atomic mass is 9.50. The zero-order chi connectivity index (χ0) is 31.4. The number of phenolic OH excluding ortho intramolecular Hbond substituents is 1. The predicted molar refractivity (Wildman–Crippen MR) is 153 cm³/mol. The average molecular weight is 600 g/mol. The van der Waals surface area contributed by atoms with E-state index in [1.807, 2.05) is 27.0 Å². The standard InChI is InChI=1S/C31H41N3O9/c1-15(2)13-20(33-18(5)35)27(37)32-16(3)28(38)41-17(4)29(39)42-22-9-10-31(40)23-14-19-7-8-21(36)25-24(19)30(31,26(22)43-25)11-12-34(23)6/h7-9,15-17,20,23,26,36,40H,10-14H2,1-6H3,(H,32,37)(H,33,35)/t16-,17-,20-,23-,26-,30-,31+/m0/s1. The number of aliphatic hydroxyl groups is 1. The number of piperidine rings is 1. The van der Waals surface area contributed by atoms with Gasteiger partial charge in [0.15, 0.2) is 23.7 Å². The van der Waals surface area contributed by atoms with E-state index in [0.29, 0.717) is 31.6 Å². The Balaban J connectivity index is 1.28. The molecule has 0 radical (unpaired) electrons. The molecule has 12 heteroatoms. The minimum atomic E-state index is -1.32. The fraction of sp³-hybridized carbons (Fsp3) is 0.613. The SMILES string of the molecule is CC(=O)N[C@@H](CC(C)C)C(=O)N[C@@H](C)C(=O)O[C@@H](C)C(=O)OC1=CC[C@@]2(O)[C@@H]3Cc4ccc(O)c5c4[C@@]2(CCN3C)[C@H]1O5. The van der Waals surface area contributed by atoms with Gasteiger partial charge in [-0.2, -0.15) is 0 Å². The van der Waals surface area contributed by atoms with Crippen LogP contribution in [0.25, 0.3) is 0 Å². The van der Waals surface area contributed by atoms with E-state index >= 15 is 0 Å². The van der Waals surface area contributed by atoms with E-state index in [1.54, 1.807) is 12.1 Å². The number of amides is 2. The molecule has 2 aliphatic heterocycles. The van der Waals surface area contributed by atoms with Crippen molar-refractivity contribution in [2.24, 2.45) is 5.92 Å². The number of nitrogens with one attached hydrogen (secondary N) is 2. The first-order chi connectivity index (χ1) is 20.2. The van der Waals surface area contributed by atoms with Crippen molar-refractivity contribution in [1.82, 2.24) is 15.5 Å². The number of carbonyl (C=O) groups is 4. The summed E-state index contributed by atoms with van der Waals surface area (Å²) in [7, 11) is 1.98. The second-order valence-corrected chi connectivity index (χ2v) is 12.7. The van der Waals surface area contributed by atoms with E-state index < -0.39 is 53.2 Å². The molecule has 2 heterocycles. The Morgan fingerprint density at radius 1 is 1.14 bits per heavy atom. The van der Waals surface area contributed by atoms with Gasteiger partial charge in [0.1, 0.15) is 17.8 Å². The molecule has 4 aliphatic rings. The van der Waals surface area contributed by atoms with E-state index in [9.17, 15) is 29.4 Å². The molecular formula is C31H41N3O9. The minimum absolute atomic E-state index is 0.0413. The molecule has 1 aromatic carbocycles. The number of likely N-dealkylation sites (N-methyl/N-ethyl adjacent to an activating group) is 1.